The molecular weight excluding hydrogens is 418 g/mol. The van der Waals surface area contributed by atoms with Crippen molar-refractivity contribution < 1.29 is 19.2 Å². The maximum Gasteiger partial charge on any atom is 0.333 e. The molecule has 2 heterocycles. The smallest absolute Gasteiger partial charge is 0.333 e. The summed E-state index contributed by atoms with van der Waals surface area (Å²) in [6.07, 6.45) is 5.40. The lowest BCUT2D eigenvalue weighted by Crippen LogP contribution is -2.31. The lowest BCUT2D eigenvalue weighted by Gasteiger charge is -2.14. The Balaban J connectivity index is 1.43. The third kappa shape index (κ3) is 8.57. The van der Waals surface area contributed by atoms with Gasteiger partial charge >= 0.3 is 5.97 Å². The first-order valence-corrected chi connectivity index (χ1v) is 11.8. The molecule has 2 rings (SSSR count). The Morgan fingerprint density at radius 1 is 1.21 bits per heavy atom. The van der Waals surface area contributed by atoms with Crippen LogP contribution in [0.2, 0.25) is 0 Å². The van der Waals surface area contributed by atoms with Gasteiger partial charge in [-0.15, -0.1) is 5.06 Å². The lowest BCUT2D eigenvalue weighted by molar-refractivity contribution is -0.179. The van der Waals surface area contributed by atoms with Gasteiger partial charge in [-0.3, -0.25) is 9.59 Å². The van der Waals surface area contributed by atoms with Crippen LogP contribution in [-0.4, -0.2) is 45.1 Å². The Hall–Kier alpha value is -1.65. The van der Waals surface area contributed by atoms with Crippen molar-refractivity contribution in [1.29, 1.82) is 0 Å². The molecule has 152 valence electrons. The highest BCUT2D eigenvalue weighted by Gasteiger charge is 2.29. The second kappa shape index (κ2) is 12.7. The van der Waals surface area contributed by atoms with Gasteiger partial charge in [-0.05, 0) is 35.8 Å². The van der Waals surface area contributed by atoms with Crippen LogP contribution in [-0.2, 0) is 19.2 Å². The number of hydroxylamine groups is 2. The minimum atomic E-state index is -0.455. The molecule has 10 heteroatoms. The zero-order chi connectivity index (χ0) is 20.2. The fraction of sp³-hybridized carbons (Fsp3) is 0.500. The van der Waals surface area contributed by atoms with Gasteiger partial charge in [0, 0.05) is 44.2 Å². The zero-order valence-electron chi connectivity index (χ0n) is 15.4. The topological polar surface area (TPSA) is 88.6 Å². The van der Waals surface area contributed by atoms with Gasteiger partial charge in [0.1, 0.15) is 10.0 Å². The van der Waals surface area contributed by atoms with E-state index in [-0.39, 0.29) is 18.2 Å². The number of unbranched alkanes of at least 4 members (excludes halogenated alkanes) is 2. The average molecular weight is 442 g/mol. The lowest BCUT2D eigenvalue weighted by atomic mass is 10.2. The highest BCUT2D eigenvalue weighted by molar-refractivity contribution is 8.76. The summed E-state index contributed by atoms with van der Waals surface area (Å²) >= 11 is 4.97. The molecule has 1 fully saturated rings. The number of pyridine rings is 1. The second-order valence-corrected chi connectivity index (χ2v) is 8.94. The van der Waals surface area contributed by atoms with Crippen molar-refractivity contribution in [2.45, 2.75) is 50.0 Å². The predicted octanol–water partition coefficient (Wildman–Crippen LogP) is 3.30. The van der Waals surface area contributed by atoms with Crippen LogP contribution < -0.4 is 5.32 Å². The van der Waals surface area contributed by atoms with Crippen molar-refractivity contribution in [1.82, 2.24) is 15.4 Å². The number of aromatic nitrogens is 1. The maximum atomic E-state index is 11.8. The SMILES string of the molecule is O=C(CCSSc1ccccn1)NCCCCCC(=O)ON1C(=O)CCC1=S. The Morgan fingerprint density at radius 3 is 2.79 bits per heavy atom. The number of hydrogen-bond donors (Lipinski definition) is 1. The van der Waals surface area contributed by atoms with Crippen molar-refractivity contribution in [3.8, 4) is 0 Å². The molecule has 0 spiro atoms. The molecule has 0 bridgehead atoms. The van der Waals surface area contributed by atoms with E-state index >= 15 is 0 Å². The van der Waals surface area contributed by atoms with E-state index in [2.05, 4.69) is 10.3 Å². The van der Waals surface area contributed by atoms with Crippen LogP contribution in [0.1, 0.15) is 44.9 Å². The van der Waals surface area contributed by atoms with Gasteiger partial charge in [0.25, 0.3) is 5.91 Å². The fourth-order valence-corrected chi connectivity index (χ4v) is 4.44. The van der Waals surface area contributed by atoms with Crippen LogP contribution in [0.15, 0.2) is 29.4 Å². The first kappa shape index (κ1) is 22.6. The molecule has 2 amide bonds. The number of thiocarbonyl (C=S) groups is 1. The van der Waals surface area contributed by atoms with E-state index in [9.17, 15) is 14.4 Å². The number of amides is 2. The standard InChI is InChI=1S/C18H23N3O4S3/c22-14(10-13-27-28-15-6-3-5-12-20-15)19-11-4-1-2-7-18(24)25-21-16(23)8-9-17(21)26/h3,5-6,12H,1-2,4,7-11,13H2,(H,19,22). The van der Waals surface area contributed by atoms with Crippen LogP contribution in [0.4, 0.5) is 0 Å². The van der Waals surface area contributed by atoms with Gasteiger partial charge in [-0.25, -0.2) is 9.78 Å². The van der Waals surface area contributed by atoms with Crippen molar-refractivity contribution in [3.63, 3.8) is 0 Å². The monoisotopic (exact) mass is 441 g/mol. The van der Waals surface area contributed by atoms with Crippen LogP contribution in [0, 0.1) is 0 Å². The van der Waals surface area contributed by atoms with Gasteiger partial charge in [0.2, 0.25) is 5.91 Å². The average Bonchev–Trinajstić information content (AvgIpc) is 3.00. The molecule has 0 atom stereocenters. The number of nitrogens with one attached hydrogen (secondary N) is 1. The van der Waals surface area contributed by atoms with Crippen molar-refractivity contribution >= 4 is 56.6 Å². The molecule has 1 aromatic heterocycles. The molecule has 0 saturated carbocycles. The summed E-state index contributed by atoms with van der Waals surface area (Å²) in [5, 5.41) is 4.74. The highest BCUT2D eigenvalue weighted by atomic mass is 33.1. The summed E-state index contributed by atoms with van der Waals surface area (Å²) in [7, 11) is 3.16. The molecule has 0 radical (unpaired) electrons. The quantitative estimate of drug-likeness (QED) is 0.300. The van der Waals surface area contributed by atoms with Gasteiger partial charge in [-0.2, -0.15) is 0 Å². The van der Waals surface area contributed by atoms with E-state index in [1.165, 1.54) is 0 Å². The predicted molar refractivity (Wildman–Crippen MR) is 113 cm³/mol. The van der Waals surface area contributed by atoms with E-state index in [0.29, 0.717) is 37.2 Å². The summed E-state index contributed by atoms with van der Waals surface area (Å²) in [6, 6.07) is 5.74. The largest absolute Gasteiger partial charge is 0.356 e. The molecule has 7 nitrogen and oxygen atoms in total. The number of carbonyl (C=O) groups excluding carboxylic acids is 3. The second-order valence-electron chi connectivity index (χ2n) is 6.03. The first-order chi connectivity index (χ1) is 13.6. The number of rotatable bonds is 12. The molecular formula is C18H23N3O4S3. The molecule has 1 aromatic rings. The van der Waals surface area contributed by atoms with Crippen LogP contribution >= 0.6 is 33.8 Å². The third-order valence-electron chi connectivity index (χ3n) is 3.77. The maximum absolute atomic E-state index is 11.8. The van der Waals surface area contributed by atoms with Crippen molar-refractivity contribution in [2.24, 2.45) is 0 Å². The number of carbonyl (C=O) groups is 3. The molecule has 0 aliphatic carbocycles. The molecule has 28 heavy (non-hydrogen) atoms. The molecule has 1 aliphatic rings. The number of hydrogen-bond acceptors (Lipinski definition) is 8. The fourth-order valence-electron chi connectivity index (χ4n) is 2.33. The van der Waals surface area contributed by atoms with E-state index in [4.69, 9.17) is 17.1 Å². The normalized spacial score (nSPS) is 13.6. The van der Waals surface area contributed by atoms with Gasteiger partial charge in [0.15, 0.2) is 0 Å². The van der Waals surface area contributed by atoms with Crippen molar-refractivity contribution in [2.75, 3.05) is 12.3 Å². The van der Waals surface area contributed by atoms with Gasteiger partial charge in [-0.1, -0.05) is 35.5 Å². The van der Waals surface area contributed by atoms with Crippen LogP contribution in [0.5, 0.6) is 0 Å². The Bertz CT molecular complexity index is 672. The molecule has 1 saturated heterocycles. The van der Waals surface area contributed by atoms with E-state index in [1.807, 2.05) is 18.2 Å². The molecule has 1 N–H and O–H groups in total. The zero-order valence-corrected chi connectivity index (χ0v) is 17.9. The third-order valence-corrected chi connectivity index (χ3v) is 6.41. The van der Waals surface area contributed by atoms with E-state index in [0.717, 1.165) is 28.7 Å². The summed E-state index contributed by atoms with van der Waals surface area (Å²) in [5.41, 5.74) is 0. The molecule has 0 aromatic carbocycles. The number of nitrogens with zero attached hydrogens (tertiary/aromatic N) is 2. The first-order valence-electron chi connectivity index (χ1n) is 9.10. The minimum absolute atomic E-state index is 0.0228. The Kier molecular flexibility index (Phi) is 10.3. The van der Waals surface area contributed by atoms with Crippen molar-refractivity contribution in [3.05, 3.63) is 24.4 Å². The van der Waals surface area contributed by atoms with Gasteiger partial charge < -0.3 is 10.2 Å². The van der Waals surface area contributed by atoms with E-state index < -0.39 is 5.97 Å². The summed E-state index contributed by atoms with van der Waals surface area (Å²) in [6.45, 7) is 0.584. The summed E-state index contributed by atoms with van der Waals surface area (Å²) < 4.78 is 0. The van der Waals surface area contributed by atoms with Crippen LogP contribution in [0.3, 0.4) is 0 Å². The van der Waals surface area contributed by atoms with E-state index in [1.54, 1.807) is 27.8 Å². The van der Waals surface area contributed by atoms with Crippen LogP contribution in [0.25, 0.3) is 0 Å². The molecule has 1 aliphatic heterocycles. The van der Waals surface area contributed by atoms with Gasteiger partial charge in [0.05, 0.1) is 0 Å². The minimum Gasteiger partial charge on any atom is -0.356 e. The summed E-state index contributed by atoms with van der Waals surface area (Å²) in [4.78, 5) is 44.5. The summed E-state index contributed by atoms with van der Waals surface area (Å²) in [5.74, 6) is 0.0204. The Morgan fingerprint density at radius 2 is 2.07 bits per heavy atom. The highest BCUT2D eigenvalue weighted by Crippen LogP contribution is 2.29. The Labute approximate surface area is 177 Å². The molecule has 0 unspecified atom stereocenters.